The van der Waals surface area contributed by atoms with Gasteiger partial charge in [-0.2, -0.15) is 10.4 Å². The summed E-state index contributed by atoms with van der Waals surface area (Å²) in [5, 5.41) is 13.0. The van der Waals surface area contributed by atoms with Gasteiger partial charge in [-0.3, -0.25) is 4.98 Å². The van der Waals surface area contributed by atoms with Gasteiger partial charge in [0.15, 0.2) is 0 Å². The van der Waals surface area contributed by atoms with Crippen LogP contribution in [0.25, 0.3) is 5.69 Å². The van der Waals surface area contributed by atoms with E-state index in [1.165, 1.54) is 24.4 Å². The van der Waals surface area contributed by atoms with Crippen LogP contribution in [0, 0.1) is 24.1 Å². The van der Waals surface area contributed by atoms with Crippen molar-refractivity contribution in [3.05, 3.63) is 77.1 Å². The summed E-state index contributed by atoms with van der Waals surface area (Å²) in [4.78, 5) is 16.2. The molecular formula is C18H13FN4O2. The number of aromatic nitrogens is 3. The maximum Gasteiger partial charge on any atom is 0.341 e. The van der Waals surface area contributed by atoms with Crippen molar-refractivity contribution >= 4 is 5.97 Å². The Bertz CT molecular complexity index is 961. The van der Waals surface area contributed by atoms with Gasteiger partial charge in [-0.1, -0.05) is 0 Å². The van der Waals surface area contributed by atoms with E-state index in [0.717, 1.165) is 5.69 Å². The Balaban J connectivity index is 1.77. The first kappa shape index (κ1) is 16.3. The lowest BCUT2D eigenvalue weighted by molar-refractivity contribution is 0.0468. The van der Waals surface area contributed by atoms with E-state index in [9.17, 15) is 9.18 Å². The molecule has 124 valence electrons. The van der Waals surface area contributed by atoms with Crippen LogP contribution >= 0.6 is 0 Å². The molecule has 0 fully saturated rings. The number of benzene rings is 1. The fourth-order valence-corrected chi connectivity index (χ4v) is 2.33. The Morgan fingerprint density at radius 1 is 1.32 bits per heavy atom. The van der Waals surface area contributed by atoms with Crippen molar-refractivity contribution in [2.24, 2.45) is 0 Å². The quantitative estimate of drug-likeness (QED) is 0.684. The first-order chi connectivity index (χ1) is 12.1. The minimum atomic E-state index is -0.612. The van der Waals surface area contributed by atoms with Crippen LogP contribution in [0.4, 0.5) is 4.39 Å². The molecule has 0 unspecified atom stereocenters. The second-order valence-corrected chi connectivity index (χ2v) is 5.25. The largest absolute Gasteiger partial charge is 0.457 e. The van der Waals surface area contributed by atoms with Crippen LogP contribution in [0.2, 0.25) is 0 Å². The molecule has 1 aromatic carbocycles. The molecule has 0 aliphatic rings. The highest BCUT2D eigenvalue weighted by Crippen LogP contribution is 2.16. The number of esters is 1. The van der Waals surface area contributed by atoms with Gasteiger partial charge in [-0.05, 0) is 37.3 Å². The Hall–Kier alpha value is -3.53. The highest BCUT2D eigenvalue weighted by atomic mass is 19.1. The molecule has 0 saturated carbocycles. The minimum absolute atomic E-state index is 0.145. The van der Waals surface area contributed by atoms with Crippen LogP contribution in [0.1, 0.15) is 27.2 Å². The molecule has 2 aromatic heterocycles. The van der Waals surface area contributed by atoms with E-state index >= 15 is 0 Å². The molecule has 3 rings (SSSR count). The predicted molar refractivity (Wildman–Crippen MR) is 86.3 cm³/mol. The molecule has 25 heavy (non-hydrogen) atoms. The van der Waals surface area contributed by atoms with E-state index in [1.807, 2.05) is 6.07 Å². The first-order valence-electron chi connectivity index (χ1n) is 7.41. The van der Waals surface area contributed by atoms with Gasteiger partial charge in [-0.15, -0.1) is 0 Å². The van der Waals surface area contributed by atoms with Gasteiger partial charge in [0.1, 0.15) is 18.0 Å². The van der Waals surface area contributed by atoms with Crippen LogP contribution in [-0.2, 0) is 11.3 Å². The molecule has 0 radical (unpaired) electrons. The third-order valence-corrected chi connectivity index (χ3v) is 3.67. The van der Waals surface area contributed by atoms with Crippen LogP contribution in [0.3, 0.4) is 0 Å². The maximum atomic E-state index is 13.7. The van der Waals surface area contributed by atoms with Crippen molar-refractivity contribution < 1.29 is 13.9 Å². The summed E-state index contributed by atoms with van der Waals surface area (Å²) < 4.78 is 20.5. The van der Waals surface area contributed by atoms with E-state index in [0.29, 0.717) is 11.3 Å². The van der Waals surface area contributed by atoms with Gasteiger partial charge < -0.3 is 4.74 Å². The lowest BCUT2D eigenvalue weighted by atomic mass is 10.1. The molecule has 0 saturated heterocycles. The van der Waals surface area contributed by atoms with E-state index in [-0.39, 0.29) is 17.7 Å². The summed E-state index contributed by atoms with van der Waals surface area (Å²) in [6.07, 6.45) is 4.65. The summed E-state index contributed by atoms with van der Waals surface area (Å²) >= 11 is 0. The minimum Gasteiger partial charge on any atom is -0.457 e. The van der Waals surface area contributed by atoms with Gasteiger partial charge in [0.2, 0.25) is 0 Å². The molecular weight excluding hydrogens is 323 g/mol. The van der Waals surface area contributed by atoms with Crippen LogP contribution in [0.15, 0.2) is 48.9 Å². The normalized spacial score (nSPS) is 10.3. The fraction of sp³-hybridized carbons (Fsp3) is 0.111. The van der Waals surface area contributed by atoms with Crippen LogP contribution < -0.4 is 0 Å². The Morgan fingerprint density at radius 2 is 2.08 bits per heavy atom. The number of ether oxygens (including phenoxy) is 1. The van der Waals surface area contributed by atoms with Gasteiger partial charge >= 0.3 is 5.97 Å². The first-order valence-corrected chi connectivity index (χ1v) is 7.41. The van der Waals surface area contributed by atoms with E-state index < -0.39 is 11.8 Å². The van der Waals surface area contributed by atoms with Crippen molar-refractivity contribution in [3.63, 3.8) is 0 Å². The average Bonchev–Trinajstić information content (AvgIpc) is 3.03. The van der Waals surface area contributed by atoms with Crippen molar-refractivity contribution in [1.29, 1.82) is 5.26 Å². The summed E-state index contributed by atoms with van der Waals surface area (Å²) in [5.41, 5.74) is 2.09. The average molecular weight is 336 g/mol. The van der Waals surface area contributed by atoms with E-state index in [4.69, 9.17) is 10.00 Å². The van der Waals surface area contributed by atoms with Crippen LogP contribution in [0.5, 0.6) is 0 Å². The third-order valence-electron chi connectivity index (χ3n) is 3.67. The number of rotatable bonds is 4. The number of carbonyl (C=O) groups excluding carboxylic acids is 1. The summed E-state index contributed by atoms with van der Waals surface area (Å²) in [7, 11) is 0. The maximum absolute atomic E-state index is 13.7. The molecule has 0 spiro atoms. The van der Waals surface area contributed by atoms with Gasteiger partial charge in [0.05, 0.1) is 29.2 Å². The monoisotopic (exact) mass is 336 g/mol. The molecule has 0 atom stereocenters. The molecule has 6 nitrogen and oxygen atoms in total. The van der Waals surface area contributed by atoms with Crippen molar-refractivity contribution in [2.45, 2.75) is 13.5 Å². The SMILES string of the molecule is Cc1c(C(=O)OCc2cc(C#N)ccc2F)cnn1-c1ccncc1. The molecule has 0 N–H and O–H groups in total. The van der Waals surface area contributed by atoms with Crippen LogP contribution in [-0.4, -0.2) is 20.7 Å². The van der Waals surface area contributed by atoms with E-state index in [2.05, 4.69) is 10.1 Å². The summed E-state index contributed by atoms with van der Waals surface area (Å²) in [6, 6.07) is 9.34. The number of nitrogens with zero attached hydrogens (tertiary/aromatic N) is 4. The molecule has 7 heteroatoms. The number of carbonyl (C=O) groups is 1. The number of pyridine rings is 1. The smallest absolute Gasteiger partial charge is 0.341 e. The molecule has 2 heterocycles. The summed E-state index contributed by atoms with van der Waals surface area (Å²) in [5.74, 6) is -1.14. The predicted octanol–water partition coefficient (Wildman–Crippen LogP) is 2.94. The standard InChI is InChI=1S/C18H13FN4O2/c1-12-16(10-22-23(12)15-4-6-21-7-5-15)18(24)25-11-14-8-13(9-20)2-3-17(14)19/h2-8,10H,11H2,1H3. The number of nitriles is 1. The second-order valence-electron chi connectivity index (χ2n) is 5.25. The lowest BCUT2D eigenvalue weighted by Gasteiger charge is -2.07. The Kier molecular flexibility index (Phi) is 4.53. The van der Waals surface area contributed by atoms with E-state index in [1.54, 1.807) is 36.1 Å². The molecule has 0 bridgehead atoms. The Morgan fingerprint density at radius 3 is 2.80 bits per heavy atom. The number of halogens is 1. The molecule has 0 aliphatic heterocycles. The zero-order chi connectivity index (χ0) is 17.8. The third kappa shape index (κ3) is 3.38. The zero-order valence-corrected chi connectivity index (χ0v) is 13.3. The number of hydrogen-bond acceptors (Lipinski definition) is 5. The fourth-order valence-electron chi connectivity index (χ4n) is 2.33. The number of hydrogen-bond donors (Lipinski definition) is 0. The van der Waals surface area contributed by atoms with Crippen molar-refractivity contribution in [1.82, 2.24) is 14.8 Å². The molecule has 0 aliphatic carbocycles. The van der Waals surface area contributed by atoms with Gasteiger partial charge in [0.25, 0.3) is 0 Å². The molecule has 0 amide bonds. The molecule has 3 aromatic rings. The van der Waals surface area contributed by atoms with Crippen molar-refractivity contribution in [2.75, 3.05) is 0 Å². The van der Waals surface area contributed by atoms with Gasteiger partial charge in [0, 0.05) is 18.0 Å². The highest BCUT2D eigenvalue weighted by Gasteiger charge is 2.17. The summed E-state index contributed by atoms with van der Waals surface area (Å²) in [6.45, 7) is 1.47. The topological polar surface area (TPSA) is 80.8 Å². The van der Waals surface area contributed by atoms with Gasteiger partial charge in [-0.25, -0.2) is 13.9 Å². The zero-order valence-electron chi connectivity index (χ0n) is 13.3. The van der Waals surface area contributed by atoms with Crippen molar-refractivity contribution in [3.8, 4) is 11.8 Å². The highest BCUT2D eigenvalue weighted by molar-refractivity contribution is 5.90. The second kappa shape index (κ2) is 6.93. The Labute approximate surface area is 143 Å². The lowest BCUT2D eigenvalue weighted by Crippen LogP contribution is -2.08.